The van der Waals surface area contributed by atoms with Crippen molar-refractivity contribution < 1.29 is 4.79 Å². The summed E-state index contributed by atoms with van der Waals surface area (Å²) in [6, 6.07) is 8.04. The fourth-order valence-electron chi connectivity index (χ4n) is 2.76. The molecule has 1 aromatic heterocycles. The van der Waals surface area contributed by atoms with Crippen LogP contribution in [0.1, 0.15) is 22.7 Å². The lowest BCUT2D eigenvalue weighted by atomic mass is 9.87. The van der Waals surface area contributed by atoms with Gasteiger partial charge in [-0.05, 0) is 41.7 Å². The third-order valence-corrected chi connectivity index (χ3v) is 3.73. The summed E-state index contributed by atoms with van der Waals surface area (Å²) in [5.74, 6) is 0. The van der Waals surface area contributed by atoms with Gasteiger partial charge in [0.15, 0.2) is 0 Å². The number of benzene rings is 1. The monoisotopic (exact) mass is 252 g/mol. The van der Waals surface area contributed by atoms with E-state index in [1.165, 1.54) is 11.1 Å². The zero-order valence-corrected chi connectivity index (χ0v) is 10.9. The Morgan fingerprint density at radius 2 is 2.21 bits per heavy atom. The van der Waals surface area contributed by atoms with Crippen molar-refractivity contribution >= 4 is 6.29 Å². The summed E-state index contributed by atoms with van der Waals surface area (Å²) in [6.07, 6.45) is 5.63. The molecule has 19 heavy (non-hydrogen) atoms. The van der Waals surface area contributed by atoms with Crippen LogP contribution in [-0.4, -0.2) is 17.8 Å². The van der Waals surface area contributed by atoms with E-state index in [1.54, 1.807) is 6.20 Å². The number of carbonyl (C=O) groups is 1. The van der Waals surface area contributed by atoms with Crippen molar-refractivity contribution in [3.05, 3.63) is 53.3 Å². The number of nitrogens with one attached hydrogen (secondary N) is 1. The quantitative estimate of drug-likeness (QED) is 0.835. The maximum absolute atomic E-state index is 11.3. The third kappa shape index (κ3) is 2.06. The van der Waals surface area contributed by atoms with E-state index >= 15 is 0 Å². The molecular formula is C16H16N2O. The first-order valence-corrected chi connectivity index (χ1v) is 6.52. The number of aldehydes is 1. The van der Waals surface area contributed by atoms with Gasteiger partial charge >= 0.3 is 0 Å². The van der Waals surface area contributed by atoms with Crippen LogP contribution in [0.2, 0.25) is 0 Å². The van der Waals surface area contributed by atoms with Gasteiger partial charge in [-0.2, -0.15) is 0 Å². The van der Waals surface area contributed by atoms with Gasteiger partial charge in [-0.25, -0.2) is 0 Å². The van der Waals surface area contributed by atoms with Gasteiger partial charge in [0.2, 0.25) is 0 Å². The summed E-state index contributed by atoms with van der Waals surface area (Å²) in [4.78, 5) is 15.5. The minimum atomic E-state index is -0.209. The molecule has 0 aliphatic carbocycles. The molecule has 96 valence electrons. The van der Waals surface area contributed by atoms with E-state index in [4.69, 9.17) is 0 Å². The molecule has 0 saturated carbocycles. The number of hydrogen-bond donors (Lipinski definition) is 1. The van der Waals surface area contributed by atoms with Crippen molar-refractivity contribution in [2.45, 2.75) is 19.4 Å². The molecule has 1 aliphatic heterocycles. The zero-order chi connectivity index (χ0) is 13.2. The van der Waals surface area contributed by atoms with Crippen molar-refractivity contribution in [3.63, 3.8) is 0 Å². The molecule has 0 radical (unpaired) electrons. The lowest BCUT2D eigenvalue weighted by Crippen LogP contribution is -2.31. The number of aromatic nitrogens is 1. The minimum Gasteiger partial charge on any atom is -0.304 e. The van der Waals surface area contributed by atoms with Crippen molar-refractivity contribution in [2.24, 2.45) is 0 Å². The molecule has 2 heterocycles. The molecule has 3 nitrogen and oxygen atoms in total. The van der Waals surface area contributed by atoms with Crippen molar-refractivity contribution in [3.8, 4) is 11.1 Å². The molecule has 0 saturated heterocycles. The smallest absolute Gasteiger partial charge is 0.141 e. The summed E-state index contributed by atoms with van der Waals surface area (Å²) in [5, 5.41) is 3.27. The first kappa shape index (κ1) is 12.1. The van der Waals surface area contributed by atoms with Gasteiger partial charge in [0.05, 0.1) is 6.04 Å². The Bertz CT molecular complexity index is 622. The van der Waals surface area contributed by atoms with E-state index in [9.17, 15) is 4.79 Å². The highest BCUT2D eigenvalue weighted by molar-refractivity contribution is 5.77. The fourth-order valence-corrected chi connectivity index (χ4v) is 2.76. The molecule has 0 spiro atoms. The van der Waals surface area contributed by atoms with Gasteiger partial charge in [0.25, 0.3) is 0 Å². The van der Waals surface area contributed by atoms with Crippen LogP contribution in [0.4, 0.5) is 0 Å². The summed E-state index contributed by atoms with van der Waals surface area (Å²) in [6.45, 7) is 2.93. The highest BCUT2D eigenvalue weighted by Gasteiger charge is 2.23. The average molecular weight is 252 g/mol. The molecule has 0 fully saturated rings. The summed E-state index contributed by atoms with van der Waals surface area (Å²) < 4.78 is 0. The maximum atomic E-state index is 11.3. The normalized spacial score (nSPS) is 17.8. The topological polar surface area (TPSA) is 42.0 Å². The van der Waals surface area contributed by atoms with Gasteiger partial charge in [-0.3, -0.25) is 4.98 Å². The number of aryl methyl sites for hydroxylation is 1. The molecule has 3 rings (SSSR count). The molecule has 1 unspecified atom stereocenters. The highest BCUT2D eigenvalue weighted by atomic mass is 16.1. The number of fused-ring (bicyclic) bond motifs is 1. The van der Waals surface area contributed by atoms with Gasteiger partial charge in [0.1, 0.15) is 6.29 Å². The third-order valence-electron chi connectivity index (χ3n) is 3.73. The van der Waals surface area contributed by atoms with E-state index in [1.807, 2.05) is 12.3 Å². The maximum Gasteiger partial charge on any atom is 0.141 e. The number of rotatable bonds is 2. The van der Waals surface area contributed by atoms with Gasteiger partial charge in [-0.15, -0.1) is 0 Å². The molecule has 0 bridgehead atoms. The Morgan fingerprint density at radius 3 is 3.00 bits per heavy atom. The number of nitrogens with zero attached hydrogens (tertiary/aromatic N) is 1. The van der Waals surface area contributed by atoms with Gasteiger partial charge in [-0.1, -0.05) is 18.2 Å². The predicted molar refractivity (Wildman–Crippen MR) is 74.9 cm³/mol. The Morgan fingerprint density at radius 1 is 1.32 bits per heavy atom. The molecule has 1 aliphatic rings. The lowest BCUT2D eigenvalue weighted by Gasteiger charge is -2.26. The second-order valence-corrected chi connectivity index (χ2v) is 4.89. The fraction of sp³-hybridized carbons (Fsp3) is 0.250. The van der Waals surface area contributed by atoms with Crippen LogP contribution < -0.4 is 5.32 Å². The Kier molecular flexibility index (Phi) is 3.13. The number of pyridine rings is 1. The summed E-state index contributed by atoms with van der Waals surface area (Å²) in [7, 11) is 0. The van der Waals surface area contributed by atoms with Crippen molar-refractivity contribution in [1.29, 1.82) is 0 Å². The SMILES string of the molecule is Cc1ccncc1-c1cccc2c1C(C=O)NCC2. The standard InChI is InChI=1S/C16H16N2O/c1-11-5-7-17-9-14(11)13-4-2-3-12-6-8-18-15(10-19)16(12)13/h2-5,7,9-10,15,18H,6,8H2,1H3. The van der Waals surface area contributed by atoms with Crippen LogP contribution in [0.3, 0.4) is 0 Å². The lowest BCUT2D eigenvalue weighted by molar-refractivity contribution is -0.109. The second kappa shape index (κ2) is 4.94. The Labute approximate surface area is 112 Å². The van der Waals surface area contributed by atoms with Crippen molar-refractivity contribution in [1.82, 2.24) is 10.3 Å². The zero-order valence-electron chi connectivity index (χ0n) is 10.9. The van der Waals surface area contributed by atoms with E-state index in [-0.39, 0.29) is 6.04 Å². The van der Waals surface area contributed by atoms with Crippen LogP contribution in [0.15, 0.2) is 36.7 Å². The molecule has 1 aromatic carbocycles. The number of carbonyl (C=O) groups excluding carboxylic acids is 1. The van der Waals surface area contributed by atoms with E-state index in [0.717, 1.165) is 35.9 Å². The van der Waals surface area contributed by atoms with Crippen LogP contribution in [0.25, 0.3) is 11.1 Å². The Balaban J connectivity index is 2.23. The first-order chi connectivity index (χ1) is 9.31. The van der Waals surface area contributed by atoms with Crippen LogP contribution >= 0.6 is 0 Å². The van der Waals surface area contributed by atoms with E-state index in [0.29, 0.717) is 0 Å². The summed E-state index contributed by atoms with van der Waals surface area (Å²) in [5.41, 5.74) is 5.78. The largest absolute Gasteiger partial charge is 0.304 e. The summed E-state index contributed by atoms with van der Waals surface area (Å²) >= 11 is 0. The molecule has 2 aromatic rings. The number of hydrogen-bond acceptors (Lipinski definition) is 3. The molecular weight excluding hydrogens is 236 g/mol. The van der Waals surface area contributed by atoms with Crippen LogP contribution in [-0.2, 0) is 11.2 Å². The van der Waals surface area contributed by atoms with Crippen molar-refractivity contribution in [2.75, 3.05) is 6.54 Å². The van der Waals surface area contributed by atoms with Gasteiger partial charge < -0.3 is 10.1 Å². The van der Waals surface area contributed by atoms with E-state index < -0.39 is 0 Å². The average Bonchev–Trinajstić information content (AvgIpc) is 2.46. The second-order valence-electron chi connectivity index (χ2n) is 4.89. The minimum absolute atomic E-state index is 0.209. The predicted octanol–water partition coefficient (Wildman–Crippen LogP) is 2.44. The van der Waals surface area contributed by atoms with Crippen LogP contribution in [0.5, 0.6) is 0 Å². The first-order valence-electron chi connectivity index (χ1n) is 6.52. The highest BCUT2D eigenvalue weighted by Crippen LogP contribution is 2.33. The molecule has 1 atom stereocenters. The van der Waals surface area contributed by atoms with E-state index in [2.05, 4.69) is 35.4 Å². The molecule has 0 amide bonds. The van der Waals surface area contributed by atoms with Gasteiger partial charge in [0, 0.05) is 24.5 Å². The Hall–Kier alpha value is -2.00. The molecule has 3 heteroatoms. The molecule has 1 N–H and O–H groups in total. The van der Waals surface area contributed by atoms with Crippen LogP contribution in [0, 0.1) is 6.92 Å².